The molecule has 0 spiro atoms. The molecule has 4 heteroatoms. The summed E-state index contributed by atoms with van der Waals surface area (Å²) in [5.41, 5.74) is 1.97. The van der Waals surface area contributed by atoms with Crippen molar-refractivity contribution in [3.63, 3.8) is 0 Å². The second-order valence-corrected chi connectivity index (χ2v) is 4.25. The van der Waals surface area contributed by atoms with E-state index in [1.807, 2.05) is 30.3 Å². The topological polar surface area (TPSA) is 49.3 Å². The van der Waals surface area contributed by atoms with Crippen LogP contribution in [0.3, 0.4) is 0 Å². The van der Waals surface area contributed by atoms with Gasteiger partial charge in [0.05, 0.1) is 10.6 Å². The van der Waals surface area contributed by atoms with Crippen LogP contribution in [0.2, 0.25) is 5.02 Å². The molecule has 0 aliphatic heterocycles. The molecule has 0 radical (unpaired) electrons. The SMILES string of the molecule is O=C(O)c1cc(NCc2ccccc2)ccc1Cl. The number of carboxylic acid groups (broad SMARTS) is 1. The Hall–Kier alpha value is -2.00. The van der Waals surface area contributed by atoms with E-state index in [4.69, 9.17) is 16.7 Å². The van der Waals surface area contributed by atoms with Gasteiger partial charge >= 0.3 is 5.97 Å². The maximum atomic E-state index is 10.9. The molecule has 0 saturated carbocycles. The van der Waals surface area contributed by atoms with Crippen molar-refractivity contribution in [1.29, 1.82) is 0 Å². The van der Waals surface area contributed by atoms with Gasteiger partial charge in [-0.1, -0.05) is 41.9 Å². The fourth-order valence-electron chi connectivity index (χ4n) is 1.60. The predicted octanol–water partition coefficient (Wildman–Crippen LogP) is 3.65. The van der Waals surface area contributed by atoms with Gasteiger partial charge < -0.3 is 10.4 Å². The maximum absolute atomic E-state index is 10.9. The monoisotopic (exact) mass is 261 g/mol. The highest BCUT2D eigenvalue weighted by molar-refractivity contribution is 6.33. The third-order valence-corrected chi connectivity index (χ3v) is 2.87. The van der Waals surface area contributed by atoms with Crippen molar-refractivity contribution in [2.75, 3.05) is 5.32 Å². The van der Waals surface area contributed by atoms with Crippen LogP contribution in [0.4, 0.5) is 5.69 Å². The third kappa shape index (κ3) is 3.02. The van der Waals surface area contributed by atoms with E-state index in [9.17, 15) is 4.79 Å². The molecule has 0 aromatic heterocycles. The van der Waals surface area contributed by atoms with E-state index in [-0.39, 0.29) is 10.6 Å². The lowest BCUT2D eigenvalue weighted by molar-refractivity contribution is 0.0697. The number of aromatic carboxylic acids is 1. The van der Waals surface area contributed by atoms with Gasteiger partial charge in [-0.25, -0.2) is 4.79 Å². The van der Waals surface area contributed by atoms with Crippen molar-refractivity contribution in [3.05, 3.63) is 64.7 Å². The highest BCUT2D eigenvalue weighted by Crippen LogP contribution is 2.21. The molecule has 2 N–H and O–H groups in total. The van der Waals surface area contributed by atoms with Crippen LogP contribution in [-0.2, 0) is 6.54 Å². The number of nitrogens with one attached hydrogen (secondary N) is 1. The second kappa shape index (κ2) is 5.56. The van der Waals surface area contributed by atoms with E-state index in [0.717, 1.165) is 11.3 Å². The van der Waals surface area contributed by atoms with Crippen molar-refractivity contribution in [3.8, 4) is 0 Å². The summed E-state index contributed by atoms with van der Waals surface area (Å²) in [5.74, 6) is -1.02. The van der Waals surface area contributed by atoms with Crippen LogP contribution in [0.15, 0.2) is 48.5 Å². The zero-order valence-electron chi connectivity index (χ0n) is 9.56. The highest BCUT2D eigenvalue weighted by atomic mass is 35.5. The Morgan fingerprint density at radius 3 is 2.56 bits per heavy atom. The molecule has 0 atom stereocenters. The lowest BCUT2D eigenvalue weighted by Crippen LogP contribution is -2.02. The van der Waals surface area contributed by atoms with Gasteiger partial charge in [-0.05, 0) is 23.8 Å². The van der Waals surface area contributed by atoms with Crippen LogP contribution in [0.1, 0.15) is 15.9 Å². The van der Waals surface area contributed by atoms with E-state index in [2.05, 4.69) is 5.32 Å². The normalized spacial score (nSPS) is 10.1. The van der Waals surface area contributed by atoms with E-state index in [1.165, 1.54) is 6.07 Å². The Balaban J connectivity index is 2.11. The molecule has 18 heavy (non-hydrogen) atoms. The molecule has 0 bridgehead atoms. The van der Waals surface area contributed by atoms with Crippen LogP contribution < -0.4 is 5.32 Å². The number of rotatable bonds is 4. The van der Waals surface area contributed by atoms with E-state index in [0.29, 0.717) is 6.54 Å². The summed E-state index contributed by atoms with van der Waals surface area (Å²) in [6.45, 7) is 0.640. The molecule has 2 aromatic rings. The summed E-state index contributed by atoms with van der Waals surface area (Å²) in [7, 11) is 0. The predicted molar refractivity (Wildman–Crippen MR) is 72.2 cm³/mol. The Bertz CT molecular complexity index is 555. The highest BCUT2D eigenvalue weighted by Gasteiger charge is 2.08. The maximum Gasteiger partial charge on any atom is 0.337 e. The van der Waals surface area contributed by atoms with E-state index >= 15 is 0 Å². The number of halogens is 1. The number of carboxylic acids is 1. The minimum Gasteiger partial charge on any atom is -0.478 e. The number of carbonyl (C=O) groups is 1. The van der Waals surface area contributed by atoms with Crippen molar-refractivity contribution in [1.82, 2.24) is 0 Å². The first kappa shape index (κ1) is 12.5. The minimum absolute atomic E-state index is 0.106. The van der Waals surface area contributed by atoms with Crippen molar-refractivity contribution in [2.45, 2.75) is 6.54 Å². The van der Waals surface area contributed by atoms with Crippen molar-refractivity contribution in [2.24, 2.45) is 0 Å². The zero-order valence-corrected chi connectivity index (χ0v) is 10.3. The van der Waals surface area contributed by atoms with Crippen LogP contribution >= 0.6 is 11.6 Å². The van der Waals surface area contributed by atoms with Crippen LogP contribution in [0.25, 0.3) is 0 Å². The number of hydrogen-bond acceptors (Lipinski definition) is 2. The van der Waals surface area contributed by atoms with Crippen LogP contribution in [0.5, 0.6) is 0 Å². The molecule has 0 amide bonds. The average Bonchev–Trinajstić information content (AvgIpc) is 2.38. The quantitative estimate of drug-likeness (QED) is 0.883. The molecular weight excluding hydrogens is 250 g/mol. The van der Waals surface area contributed by atoms with Crippen molar-refractivity contribution < 1.29 is 9.90 Å². The van der Waals surface area contributed by atoms with Crippen LogP contribution in [-0.4, -0.2) is 11.1 Å². The molecule has 2 rings (SSSR count). The fraction of sp³-hybridized carbons (Fsp3) is 0.0714. The Morgan fingerprint density at radius 1 is 1.17 bits per heavy atom. The molecule has 0 aliphatic carbocycles. The van der Waals surface area contributed by atoms with Gasteiger partial charge in [-0.3, -0.25) is 0 Å². The van der Waals surface area contributed by atoms with Crippen LogP contribution in [0, 0.1) is 0 Å². The first-order chi connectivity index (χ1) is 8.66. The zero-order chi connectivity index (χ0) is 13.0. The largest absolute Gasteiger partial charge is 0.478 e. The molecule has 0 fully saturated rings. The van der Waals surface area contributed by atoms with E-state index < -0.39 is 5.97 Å². The molecule has 3 nitrogen and oxygen atoms in total. The van der Waals surface area contributed by atoms with Gasteiger partial charge in [0.2, 0.25) is 0 Å². The van der Waals surface area contributed by atoms with Gasteiger partial charge in [-0.2, -0.15) is 0 Å². The van der Waals surface area contributed by atoms with Gasteiger partial charge in [0.15, 0.2) is 0 Å². The van der Waals surface area contributed by atoms with Crippen molar-refractivity contribution >= 4 is 23.3 Å². The minimum atomic E-state index is -1.02. The Morgan fingerprint density at radius 2 is 1.89 bits per heavy atom. The number of benzene rings is 2. The van der Waals surface area contributed by atoms with Gasteiger partial charge in [-0.15, -0.1) is 0 Å². The molecule has 2 aromatic carbocycles. The molecule has 0 aliphatic rings. The lowest BCUT2D eigenvalue weighted by Gasteiger charge is -2.08. The van der Waals surface area contributed by atoms with E-state index in [1.54, 1.807) is 12.1 Å². The Kier molecular flexibility index (Phi) is 3.85. The Labute approximate surface area is 110 Å². The van der Waals surface area contributed by atoms with Gasteiger partial charge in [0, 0.05) is 12.2 Å². The summed E-state index contributed by atoms with van der Waals surface area (Å²) >= 11 is 5.80. The average molecular weight is 262 g/mol. The standard InChI is InChI=1S/C14H12ClNO2/c15-13-7-6-11(8-12(13)14(17)18)16-9-10-4-2-1-3-5-10/h1-8,16H,9H2,(H,17,18). The first-order valence-corrected chi connectivity index (χ1v) is 5.85. The summed E-state index contributed by atoms with van der Waals surface area (Å²) < 4.78 is 0. The first-order valence-electron chi connectivity index (χ1n) is 5.47. The molecular formula is C14H12ClNO2. The second-order valence-electron chi connectivity index (χ2n) is 3.84. The summed E-state index contributed by atoms with van der Waals surface area (Å²) in [5, 5.41) is 12.4. The number of hydrogen-bond donors (Lipinski definition) is 2. The molecule has 0 unspecified atom stereocenters. The fourth-order valence-corrected chi connectivity index (χ4v) is 1.80. The van der Waals surface area contributed by atoms with Gasteiger partial charge in [0.1, 0.15) is 0 Å². The van der Waals surface area contributed by atoms with Gasteiger partial charge in [0.25, 0.3) is 0 Å². The number of anilines is 1. The third-order valence-electron chi connectivity index (χ3n) is 2.54. The molecule has 0 saturated heterocycles. The smallest absolute Gasteiger partial charge is 0.337 e. The molecule has 0 heterocycles. The molecule has 92 valence electrons. The lowest BCUT2D eigenvalue weighted by atomic mass is 10.2. The summed E-state index contributed by atoms with van der Waals surface area (Å²) in [4.78, 5) is 10.9. The summed E-state index contributed by atoms with van der Waals surface area (Å²) in [6.07, 6.45) is 0. The summed E-state index contributed by atoms with van der Waals surface area (Å²) in [6, 6.07) is 14.8.